The zero-order chi connectivity index (χ0) is 13.4. The predicted octanol–water partition coefficient (Wildman–Crippen LogP) is 1.79. The van der Waals surface area contributed by atoms with E-state index in [4.69, 9.17) is 10.2 Å². The van der Waals surface area contributed by atoms with Gasteiger partial charge in [0.2, 0.25) is 5.91 Å². The fourth-order valence-corrected chi connectivity index (χ4v) is 2.49. The molecule has 18 heavy (non-hydrogen) atoms. The molecule has 0 aliphatic heterocycles. The van der Waals surface area contributed by atoms with Crippen LogP contribution < -0.4 is 11.1 Å². The van der Waals surface area contributed by atoms with Gasteiger partial charge in [0.25, 0.3) is 5.22 Å². The van der Waals surface area contributed by atoms with E-state index < -0.39 is 5.54 Å². The van der Waals surface area contributed by atoms with Crippen LogP contribution in [0.3, 0.4) is 0 Å². The molecular weight excluding hydrogens is 250 g/mol. The Labute approximate surface area is 112 Å². The Morgan fingerprint density at radius 2 is 2.39 bits per heavy atom. The molecule has 0 spiro atoms. The molecule has 102 valence electrons. The van der Waals surface area contributed by atoms with Gasteiger partial charge in [-0.1, -0.05) is 25.1 Å². The minimum atomic E-state index is -0.595. The first-order valence-corrected chi connectivity index (χ1v) is 7.14. The van der Waals surface area contributed by atoms with Crippen LogP contribution in [-0.4, -0.2) is 28.7 Å². The fraction of sp³-hybridized carbons (Fsp3) is 0.667. The van der Waals surface area contributed by atoms with E-state index in [9.17, 15) is 4.79 Å². The number of nitrogens with one attached hydrogen (secondary N) is 1. The largest absolute Gasteiger partial charge is 0.440 e. The van der Waals surface area contributed by atoms with Crippen molar-refractivity contribution in [3.05, 3.63) is 12.5 Å². The smallest absolute Gasteiger partial charge is 0.255 e. The van der Waals surface area contributed by atoms with Gasteiger partial charge in [-0.15, -0.1) is 0 Å². The second kappa shape index (κ2) is 7.43. The van der Waals surface area contributed by atoms with Gasteiger partial charge in [-0.25, -0.2) is 4.98 Å². The lowest BCUT2D eigenvalue weighted by Crippen LogP contribution is -2.52. The second-order valence-electron chi connectivity index (χ2n) is 4.33. The number of carbonyl (C=O) groups excluding carboxylic acids is 1. The quantitative estimate of drug-likeness (QED) is 0.528. The highest BCUT2D eigenvalue weighted by Gasteiger charge is 2.28. The molecule has 1 atom stereocenters. The van der Waals surface area contributed by atoms with Crippen LogP contribution in [0, 0.1) is 0 Å². The molecule has 0 aliphatic carbocycles. The third-order valence-corrected chi connectivity index (χ3v) is 3.76. The number of carbonyl (C=O) groups is 1. The highest BCUT2D eigenvalue weighted by atomic mass is 32.2. The van der Waals surface area contributed by atoms with Crippen molar-refractivity contribution in [2.24, 2.45) is 5.73 Å². The molecule has 1 unspecified atom stereocenters. The van der Waals surface area contributed by atoms with E-state index in [1.165, 1.54) is 0 Å². The zero-order valence-corrected chi connectivity index (χ0v) is 11.8. The summed E-state index contributed by atoms with van der Waals surface area (Å²) in [5.74, 6) is 0.645. The maximum absolute atomic E-state index is 11.4. The molecule has 5 nitrogen and oxygen atoms in total. The Kier molecular flexibility index (Phi) is 6.21. The summed E-state index contributed by atoms with van der Waals surface area (Å²) in [5, 5.41) is 3.84. The van der Waals surface area contributed by atoms with Crippen LogP contribution in [0.25, 0.3) is 0 Å². The van der Waals surface area contributed by atoms with Crippen molar-refractivity contribution in [2.45, 2.75) is 43.9 Å². The molecule has 0 saturated heterocycles. The average Bonchev–Trinajstić information content (AvgIpc) is 2.81. The monoisotopic (exact) mass is 271 g/mol. The molecule has 0 aliphatic rings. The van der Waals surface area contributed by atoms with E-state index in [2.05, 4.69) is 10.3 Å². The molecule has 6 heteroatoms. The molecule has 0 bridgehead atoms. The molecule has 1 rings (SSSR count). The summed E-state index contributed by atoms with van der Waals surface area (Å²) in [6.45, 7) is 4.57. The van der Waals surface area contributed by atoms with E-state index in [-0.39, 0.29) is 5.91 Å². The fourth-order valence-electron chi connectivity index (χ4n) is 1.71. The SMILES string of the molecule is CCNC(C)(CCCCSc1ncco1)C(N)=O. The lowest BCUT2D eigenvalue weighted by atomic mass is 9.94. The van der Waals surface area contributed by atoms with Crippen LogP contribution in [0.1, 0.15) is 33.1 Å². The summed E-state index contributed by atoms with van der Waals surface area (Å²) >= 11 is 1.59. The maximum Gasteiger partial charge on any atom is 0.255 e. The summed E-state index contributed by atoms with van der Waals surface area (Å²) < 4.78 is 5.12. The summed E-state index contributed by atoms with van der Waals surface area (Å²) in [7, 11) is 0. The van der Waals surface area contributed by atoms with Gasteiger partial charge in [0, 0.05) is 5.75 Å². The Hall–Kier alpha value is -1.01. The highest BCUT2D eigenvalue weighted by molar-refractivity contribution is 7.99. The zero-order valence-electron chi connectivity index (χ0n) is 10.9. The van der Waals surface area contributed by atoms with Gasteiger partial charge in [-0.3, -0.25) is 4.79 Å². The van der Waals surface area contributed by atoms with Gasteiger partial charge in [0.1, 0.15) is 6.26 Å². The van der Waals surface area contributed by atoms with Crippen molar-refractivity contribution in [3.63, 3.8) is 0 Å². The molecule has 0 saturated carbocycles. The van der Waals surface area contributed by atoms with Gasteiger partial charge < -0.3 is 15.5 Å². The van der Waals surface area contributed by atoms with Crippen LogP contribution in [0.4, 0.5) is 0 Å². The van der Waals surface area contributed by atoms with Crippen LogP contribution in [0.2, 0.25) is 0 Å². The second-order valence-corrected chi connectivity index (χ2v) is 5.38. The summed E-state index contributed by atoms with van der Waals surface area (Å²) in [4.78, 5) is 15.4. The first kappa shape index (κ1) is 15.0. The van der Waals surface area contributed by atoms with E-state index in [0.717, 1.165) is 31.6 Å². The average molecular weight is 271 g/mol. The number of rotatable bonds is 9. The number of likely N-dealkylation sites (N-methyl/N-ethyl adjacent to an activating group) is 1. The van der Waals surface area contributed by atoms with E-state index >= 15 is 0 Å². The molecular formula is C12H21N3O2S. The molecule has 0 radical (unpaired) electrons. The van der Waals surface area contributed by atoms with Crippen LogP contribution >= 0.6 is 11.8 Å². The number of oxazole rings is 1. The van der Waals surface area contributed by atoms with E-state index in [0.29, 0.717) is 5.22 Å². The molecule has 1 aromatic heterocycles. The van der Waals surface area contributed by atoms with Crippen LogP contribution in [0.15, 0.2) is 22.1 Å². The number of amides is 1. The number of primary amides is 1. The molecule has 1 aromatic rings. The van der Waals surface area contributed by atoms with Crippen molar-refractivity contribution in [1.29, 1.82) is 0 Å². The summed E-state index contributed by atoms with van der Waals surface area (Å²) in [6.07, 6.45) is 5.90. The van der Waals surface area contributed by atoms with E-state index in [1.54, 1.807) is 24.2 Å². The van der Waals surface area contributed by atoms with Crippen LogP contribution in [0.5, 0.6) is 0 Å². The molecule has 0 aromatic carbocycles. The number of nitrogens with two attached hydrogens (primary N) is 1. The third kappa shape index (κ3) is 4.70. The van der Waals surface area contributed by atoms with Gasteiger partial charge in [0.05, 0.1) is 11.7 Å². The number of unbranched alkanes of at least 4 members (excludes halogenated alkanes) is 1. The number of hydrogen-bond donors (Lipinski definition) is 2. The molecule has 1 amide bonds. The Morgan fingerprint density at radius 3 is 2.94 bits per heavy atom. The predicted molar refractivity (Wildman–Crippen MR) is 72.4 cm³/mol. The third-order valence-electron chi connectivity index (χ3n) is 2.82. The maximum atomic E-state index is 11.4. The van der Waals surface area contributed by atoms with Crippen molar-refractivity contribution in [1.82, 2.24) is 10.3 Å². The number of nitrogens with zero attached hydrogens (tertiary/aromatic N) is 1. The first-order chi connectivity index (χ1) is 8.58. The van der Waals surface area contributed by atoms with Crippen molar-refractivity contribution in [2.75, 3.05) is 12.3 Å². The van der Waals surface area contributed by atoms with Crippen LogP contribution in [-0.2, 0) is 4.79 Å². The van der Waals surface area contributed by atoms with Gasteiger partial charge >= 0.3 is 0 Å². The summed E-state index contributed by atoms with van der Waals surface area (Å²) in [6, 6.07) is 0. The number of thioether (sulfide) groups is 1. The number of hydrogen-bond acceptors (Lipinski definition) is 5. The minimum absolute atomic E-state index is 0.287. The van der Waals surface area contributed by atoms with Gasteiger partial charge in [0.15, 0.2) is 0 Å². The van der Waals surface area contributed by atoms with Crippen molar-refractivity contribution in [3.8, 4) is 0 Å². The molecule has 3 N–H and O–H groups in total. The molecule has 1 heterocycles. The minimum Gasteiger partial charge on any atom is -0.440 e. The highest BCUT2D eigenvalue weighted by Crippen LogP contribution is 2.19. The van der Waals surface area contributed by atoms with Gasteiger partial charge in [-0.2, -0.15) is 0 Å². The van der Waals surface area contributed by atoms with Crippen molar-refractivity contribution < 1.29 is 9.21 Å². The lowest BCUT2D eigenvalue weighted by Gasteiger charge is -2.26. The van der Waals surface area contributed by atoms with Gasteiger partial charge in [-0.05, 0) is 26.3 Å². The summed E-state index contributed by atoms with van der Waals surface area (Å²) in [5.41, 5.74) is 4.82. The number of aromatic nitrogens is 1. The Bertz CT molecular complexity index is 356. The molecule has 0 fully saturated rings. The Morgan fingerprint density at radius 1 is 1.61 bits per heavy atom. The normalized spacial score (nSPS) is 14.3. The standard InChI is InChI=1S/C12H21N3O2S/c1-3-15-12(2,10(13)16)6-4-5-9-18-11-14-7-8-17-11/h7-8,15H,3-6,9H2,1-2H3,(H2,13,16). The van der Waals surface area contributed by atoms with E-state index in [1.807, 2.05) is 13.8 Å². The topological polar surface area (TPSA) is 81.2 Å². The Balaban J connectivity index is 2.21. The lowest BCUT2D eigenvalue weighted by molar-refractivity contribution is -0.124. The first-order valence-electron chi connectivity index (χ1n) is 6.15. The van der Waals surface area contributed by atoms with Crippen molar-refractivity contribution >= 4 is 17.7 Å².